The highest BCUT2D eigenvalue weighted by Crippen LogP contribution is 2.38. The van der Waals surface area contributed by atoms with E-state index in [4.69, 9.17) is 14.7 Å². The summed E-state index contributed by atoms with van der Waals surface area (Å²) in [4.78, 5) is 39.8. The van der Waals surface area contributed by atoms with Crippen LogP contribution in [0, 0.1) is 13.8 Å². The summed E-state index contributed by atoms with van der Waals surface area (Å²) in [6, 6.07) is 7.51. The fourth-order valence-corrected chi connectivity index (χ4v) is 6.71. The molecule has 0 aliphatic carbocycles. The van der Waals surface area contributed by atoms with Crippen LogP contribution in [0.25, 0.3) is 44.4 Å². The summed E-state index contributed by atoms with van der Waals surface area (Å²) in [6.45, 7) is 17.2. The smallest absolute Gasteiger partial charge is 0.303 e. The maximum absolute atomic E-state index is 11.6. The average molecular weight is 701 g/mol. The van der Waals surface area contributed by atoms with E-state index in [1.54, 1.807) is 13.8 Å². The summed E-state index contributed by atoms with van der Waals surface area (Å²) >= 11 is 0. The Kier molecular flexibility index (Phi) is 13.1. The highest BCUT2D eigenvalue weighted by molar-refractivity contribution is 5.96. The molecule has 2 atom stereocenters. The van der Waals surface area contributed by atoms with Crippen molar-refractivity contribution in [2.75, 3.05) is 13.2 Å². The van der Waals surface area contributed by atoms with Crippen LogP contribution < -0.4 is 0 Å². The van der Waals surface area contributed by atoms with Crippen molar-refractivity contribution in [3.05, 3.63) is 69.3 Å². The van der Waals surface area contributed by atoms with E-state index in [1.165, 1.54) is 0 Å². The number of aromatic amines is 2. The Labute approximate surface area is 299 Å². The van der Waals surface area contributed by atoms with Gasteiger partial charge in [0.2, 0.25) is 0 Å². The van der Waals surface area contributed by atoms with Gasteiger partial charge in [-0.1, -0.05) is 13.8 Å². The first-order chi connectivity index (χ1) is 24.2. The van der Waals surface area contributed by atoms with Crippen molar-refractivity contribution in [2.24, 2.45) is 0 Å². The lowest BCUT2D eigenvalue weighted by Crippen LogP contribution is -1.97. The predicted molar refractivity (Wildman–Crippen MR) is 202 cm³/mol. The predicted octanol–water partition coefficient (Wildman–Crippen LogP) is 8.45. The lowest BCUT2D eigenvalue weighted by Gasteiger charge is -2.05. The molecule has 0 saturated carbocycles. The van der Waals surface area contributed by atoms with Gasteiger partial charge >= 0.3 is 11.9 Å². The van der Waals surface area contributed by atoms with Crippen molar-refractivity contribution >= 4 is 56.3 Å². The van der Waals surface area contributed by atoms with E-state index in [1.807, 2.05) is 52.0 Å². The van der Waals surface area contributed by atoms with Crippen LogP contribution in [0.2, 0.25) is 0 Å². The van der Waals surface area contributed by atoms with E-state index < -0.39 is 24.1 Å². The number of aliphatic hydroxyl groups excluding tert-OH is 2. The number of rotatable bonds is 12. The van der Waals surface area contributed by atoms with Gasteiger partial charge in [-0.3, -0.25) is 9.59 Å². The lowest BCUT2D eigenvalue weighted by atomic mass is 9.98. The first-order valence-electron chi connectivity index (χ1n) is 17.7. The number of carbonyl (C=O) groups is 2. The number of aromatic nitrogens is 4. The molecule has 51 heavy (non-hydrogen) atoms. The Morgan fingerprint density at radius 3 is 1.43 bits per heavy atom. The standard InChI is InChI=1S/C34H38N4O6.C6H14O/c1-15-21(7-9-31(41)42)27-14-28-22(8-10-32(43)44)16(2)24(36-28)12-29-34(20(6)40)18(4)26(38-29)13-30-33(19(5)39)17(3)25(37-30)11-23(15)35-27;1-3-5-7-6-4-2/h11-14,19-20,37-40H,7-10H2,1-6H3,(H,41,42)(H,43,44);3-6H2,1-2H3. The highest BCUT2D eigenvalue weighted by atomic mass is 16.5. The second kappa shape index (κ2) is 17.1. The maximum atomic E-state index is 11.6. The second-order valence-corrected chi connectivity index (χ2v) is 13.3. The van der Waals surface area contributed by atoms with Crippen molar-refractivity contribution < 1.29 is 34.8 Å². The first-order valence-corrected chi connectivity index (χ1v) is 17.7. The third-order valence-corrected chi connectivity index (χ3v) is 9.34. The number of nitrogens with zero attached hydrogens (tertiary/aromatic N) is 2. The van der Waals surface area contributed by atoms with Crippen LogP contribution in [0.4, 0.5) is 0 Å². The molecular weight excluding hydrogens is 648 g/mol. The van der Waals surface area contributed by atoms with Crippen molar-refractivity contribution in [2.45, 2.75) is 106 Å². The number of carboxylic acids is 2. The minimum atomic E-state index is -0.921. The fourth-order valence-electron chi connectivity index (χ4n) is 6.71. The van der Waals surface area contributed by atoms with Gasteiger partial charge in [0, 0.05) is 59.2 Å². The number of aliphatic hydroxyl groups is 2. The molecule has 5 rings (SSSR count). The van der Waals surface area contributed by atoms with E-state index in [0.29, 0.717) is 39.4 Å². The molecule has 6 N–H and O–H groups in total. The summed E-state index contributed by atoms with van der Waals surface area (Å²) in [5.41, 5.74) is 11.7. The molecule has 274 valence electrons. The Balaban J connectivity index is 0.000000755. The van der Waals surface area contributed by atoms with Gasteiger partial charge in [-0.15, -0.1) is 0 Å². The topological polar surface area (TPSA) is 182 Å². The number of hydrogen-bond donors (Lipinski definition) is 6. The molecule has 0 amide bonds. The van der Waals surface area contributed by atoms with E-state index >= 15 is 0 Å². The fraction of sp³-hybridized carbons (Fsp3) is 0.450. The van der Waals surface area contributed by atoms with Crippen LogP contribution in [0.1, 0.15) is 137 Å². The molecule has 0 radical (unpaired) electrons. The summed E-state index contributed by atoms with van der Waals surface area (Å²) in [5.74, 6) is -1.84. The van der Waals surface area contributed by atoms with Crippen LogP contribution in [-0.4, -0.2) is 65.5 Å². The second-order valence-electron chi connectivity index (χ2n) is 13.3. The largest absolute Gasteiger partial charge is 0.481 e. The number of H-pyrrole nitrogens is 2. The molecule has 0 fully saturated rings. The molecule has 5 heterocycles. The van der Waals surface area contributed by atoms with E-state index in [-0.39, 0.29) is 25.7 Å². The van der Waals surface area contributed by atoms with Crippen LogP contribution in [0.3, 0.4) is 0 Å². The van der Waals surface area contributed by atoms with Crippen molar-refractivity contribution in [3.8, 4) is 0 Å². The zero-order valence-electron chi connectivity index (χ0n) is 31.0. The van der Waals surface area contributed by atoms with Crippen molar-refractivity contribution in [1.29, 1.82) is 0 Å². The van der Waals surface area contributed by atoms with Gasteiger partial charge in [-0.2, -0.15) is 0 Å². The molecule has 8 bridgehead atoms. The third kappa shape index (κ3) is 9.02. The van der Waals surface area contributed by atoms with Gasteiger partial charge in [0.25, 0.3) is 0 Å². The molecule has 3 aromatic heterocycles. The summed E-state index contributed by atoms with van der Waals surface area (Å²) in [5, 5.41) is 40.5. The van der Waals surface area contributed by atoms with Crippen molar-refractivity contribution in [3.63, 3.8) is 0 Å². The summed E-state index contributed by atoms with van der Waals surface area (Å²) in [6.07, 6.45) is 1.10. The highest BCUT2D eigenvalue weighted by Gasteiger charge is 2.23. The number of allylic oxidation sites excluding steroid dienone is 4. The third-order valence-electron chi connectivity index (χ3n) is 9.34. The molecule has 11 nitrogen and oxygen atoms in total. The van der Waals surface area contributed by atoms with E-state index in [9.17, 15) is 30.0 Å². The van der Waals surface area contributed by atoms with E-state index in [2.05, 4.69) is 23.8 Å². The molecule has 11 heteroatoms. The normalized spacial score (nSPS) is 14.0. The number of hydrogen-bond acceptors (Lipinski definition) is 7. The molecule has 0 aromatic carbocycles. The number of ether oxygens (including phenoxy) is 1. The average Bonchev–Trinajstić information content (AvgIpc) is 3.72. The SMILES string of the molecule is CC1=C(CCC(=O)O)c2cc3nc(cc4[nH]c(cc5[nH]c(cc1n2)c(C)c5C(C)O)c(C)c4C(C)O)C(C)=C3CCC(=O)O.CCCOCCC. The number of aliphatic carboxylic acids is 2. The van der Waals surface area contributed by atoms with Crippen LogP contribution in [0.5, 0.6) is 0 Å². The molecule has 3 aromatic rings. The van der Waals surface area contributed by atoms with Gasteiger partial charge in [0.05, 0.1) is 35.0 Å². The zero-order valence-corrected chi connectivity index (χ0v) is 31.0. The molecule has 2 unspecified atom stereocenters. The van der Waals surface area contributed by atoms with Gasteiger partial charge in [-0.25, -0.2) is 9.97 Å². The summed E-state index contributed by atoms with van der Waals surface area (Å²) in [7, 11) is 0. The maximum Gasteiger partial charge on any atom is 0.303 e. The molecule has 2 aliphatic heterocycles. The first kappa shape index (κ1) is 39.2. The van der Waals surface area contributed by atoms with Gasteiger partial charge in [-0.05, 0) is 125 Å². The van der Waals surface area contributed by atoms with E-state index in [0.717, 1.165) is 76.1 Å². The Morgan fingerprint density at radius 1 is 0.647 bits per heavy atom. The molecule has 0 saturated heterocycles. The van der Waals surface area contributed by atoms with Crippen LogP contribution >= 0.6 is 0 Å². The quantitative estimate of drug-likeness (QED) is 0.101. The Bertz CT molecular complexity index is 2010. The molecule has 0 spiro atoms. The number of aryl methyl sites for hydroxylation is 2. The Morgan fingerprint density at radius 2 is 1.04 bits per heavy atom. The van der Waals surface area contributed by atoms with Crippen molar-refractivity contribution in [1.82, 2.24) is 19.9 Å². The summed E-state index contributed by atoms with van der Waals surface area (Å²) < 4.78 is 5.13. The molecule has 2 aliphatic rings. The van der Waals surface area contributed by atoms with Crippen LogP contribution in [-0.2, 0) is 14.3 Å². The minimum absolute atomic E-state index is 0.0750. The Hall–Kier alpha value is -4.58. The minimum Gasteiger partial charge on any atom is -0.481 e. The number of fused-ring (bicyclic) bond motifs is 8. The lowest BCUT2D eigenvalue weighted by molar-refractivity contribution is -0.137. The monoisotopic (exact) mass is 700 g/mol. The van der Waals surface area contributed by atoms with Gasteiger partial charge < -0.3 is 35.1 Å². The zero-order chi connectivity index (χ0) is 37.6. The number of carboxylic acid groups (broad SMARTS) is 2. The van der Waals surface area contributed by atoms with Gasteiger partial charge in [0.1, 0.15) is 0 Å². The van der Waals surface area contributed by atoms with Crippen LogP contribution in [0.15, 0.2) is 24.3 Å². The van der Waals surface area contributed by atoms with Gasteiger partial charge in [0.15, 0.2) is 0 Å². The number of nitrogens with one attached hydrogen (secondary N) is 2. The molecular formula is C40H52N4O7.